The number of halogens is 2. The summed E-state index contributed by atoms with van der Waals surface area (Å²) in [5.41, 5.74) is 8.12. The number of hydrogen-bond acceptors (Lipinski definition) is 5. The van der Waals surface area contributed by atoms with E-state index in [1.165, 1.54) is 24.3 Å². The van der Waals surface area contributed by atoms with E-state index in [9.17, 15) is 14.0 Å². The van der Waals surface area contributed by atoms with Crippen molar-refractivity contribution in [1.82, 2.24) is 15.2 Å². The molecule has 1 aromatic heterocycles. The Bertz CT molecular complexity index is 1180. The number of nitrogens with one attached hydrogen (secondary N) is 2. The van der Waals surface area contributed by atoms with Gasteiger partial charge in [0.25, 0.3) is 0 Å². The fourth-order valence-corrected chi connectivity index (χ4v) is 3.91. The lowest BCUT2D eigenvalue weighted by atomic mass is 10.1. The molecule has 8 nitrogen and oxygen atoms in total. The first-order valence-electron chi connectivity index (χ1n) is 10.5. The van der Waals surface area contributed by atoms with Crippen LogP contribution in [-0.4, -0.2) is 54.0 Å². The van der Waals surface area contributed by atoms with Gasteiger partial charge in [0.15, 0.2) is 0 Å². The van der Waals surface area contributed by atoms with Crippen LogP contribution >= 0.6 is 11.6 Å². The molecule has 1 atom stereocenters. The third-order valence-electron chi connectivity index (χ3n) is 5.52. The minimum Gasteiger partial charge on any atom is -0.384 e. The average molecular weight is 471 g/mol. The number of nitrogen functional groups attached to an aromatic ring is 1. The Hall–Kier alpha value is -3.59. The minimum absolute atomic E-state index is 0.317. The number of aromatic nitrogens is 1. The van der Waals surface area contributed by atoms with E-state index >= 15 is 0 Å². The lowest BCUT2D eigenvalue weighted by Crippen LogP contribution is -2.54. The number of nitrogens with zero attached hydrogens (tertiary/aromatic N) is 3. The SMILES string of the molecule is CC(NC(=O)N1CCN(c2cc(N)nc3cc(Cl)ccc23)CC1)C(=O)Nc1ccc(F)cc1. The molecule has 3 aromatic rings. The van der Waals surface area contributed by atoms with Gasteiger partial charge in [0.1, 0.15) is 17.7 Å². The van der Waals surface area contributed by atoms with Gasteiger partial charge in [-0.25, -0.2) is 14.2 Å². The maximum Gasteiger partial charge on any atom is 0.318 e. The highest BCUT2D eigenvalue weighted by Gasteiger charge is 2.25. The molecule has 0 radical (unpaired) electrons. The van der Waals surface area contributed by atoms with Crippen molar-refractivity contribution in [3.05, 3.63) is 59.4 Å². The Morgan fingerprint density at radius 1 is 1.09 bits per heavy atom. The van der Waals surface area contributed by atoms with Crippen molar-refractivity contribution in [2.24, 2.45) is 0 Å². The molecule has 10 heteroatoms. The first-order valence-corrected chi connectivity index (χ1v) is 10.9. The largest absolute Gasteiger partial charge is 0.384 e. The summed E-state index contributed by atoms with van der Waals surface area (Å²) in [6.07, 6.45) is 0. The number of carbonyl (C=O) groups is 2. The van der Waals surface area contributed by atoms with Crippen LogP contribution in [0.3, 0.4) is 0 Å². The predicted molar refractivity (Wildman–Crippen MR) is 128 cm³/mol. The van der Waals surface area contributed by atoms with Crippen molar-refractivity contribution >= 4 is 51.6 Å². The number of pyridine rings is 1. The number of anilines is 3. The van der Waals surface area contributed by atoms with Crippen LogP contribution in [0.5, 0.6) is 0 Å². The summed E-state index contributed by atoms with van der Waals surface area (Å²) >= 11 is 6.09. The molecule has 0 saturated carbocycles. The average Bonchev–Trinajstić information content (AvgIpc) is 2.79. The van der Waals surface area contributed by atoms with Gasteiger partial charge in [0.05, 0.1) is 5.52 Å². The zero-order chi connectivity index (χ0) is 23.5. The van der Waals surface area contributed by atoms with Crippen LogP contribution in [0.1, 0.15) is 6.92 Å². The highest BCUT2D eigenvalue weighted by atomic mass is 35.5. The molecule has 4 rings (SSSR count). The summed E-state index contributed by atoms with van der Waals surface area (Å²) < 4.78 is 13.0. The van der Waals surface area contributed by atoms with E-state index in [4.69, 9.17) is 17.3 Å². The summed E-state index contributed by atoms with van der Waals surface area (Å²) in [7, 11) is 0. The number of piperazine rings is 1. The van der Waals surface area contributed by atoms with Crippen LogP contribution < -0.4 is 21.3 Å². The fraction of sp³-hybridized carbons (Fsp3) is 0.261. The number of fused-ring (bicyclic) bond motifs is 1. The maximum atomic E-state index is 13.0. The molecule has 1 aliphatic heterocycles. The molecule has 1 fully saturated rings. The number of rotatable bonds is 4. The van der Waals surface area contributed by atoms with Crippen LogP contribution in [0.25, 0.3) is 10.9 Å². The summed E-state index contributed by atoms with van der Waals surface area (Å²) in [5.74, 6) is -0.369. The van der Waals surface area contributed by atoms with Crippen LogP contribution in [-0.2, 0) is 4.79 Å². The molecular formula is C23H24ClFN6O2. The second-order valence-corrected chi connectivity index (χ2v) is 8.31. The Balaban J connectivity index is 1.35. The number of carbonyl (C=O) groups excluding carboxylic acids is 2. The predicted octanol–water partition coefficient (Wildman–Crippen LogP) is 3.47. The normalized spacial score (nSPS) is 14.8. The number of hydrogen-bond donors (Lipinski definition) is 3. The van der Waals surface area contributed by atoms with Crippen molar-refractivity contribution in [2.75, 3.05) is 42.1 Å². The van der Waals surface area contributed by atoms with Crippen molar-refractivity contribution in [1.29, 1.82) is 0 Å². The molecule has 2 heterocycles. The van der Waals surface area contributed by atoms with Crippen molar-refractivity contribution in [3.63, 3.8) is 0 Å². The third kappa shape index (κ3) is 5.25. The van der Waals surface area contributed by atoms with Crippen LogP contribution in [0.15, 0.2) is 48.5 Å². The van der Waals surface area contributed by atoms with Gasteiger partial charge in [-0.05, 0) is 49.4 Å². The lowest BCUT2D eigenvalue weighted by Gasteiger charge is -2.37. The van der Waals surface area contributed by atoms with Gasteiger partial charge in [-0.3, -0.25) is 4.79 Å². The Morgan fingerprint density at radius 3 is 2.48 bits per heavy atom. The minimum atomic E-state index is -0.755. The Morgan fingerprint density at radius 2 is 1.79 bits per heavy atom. The van der Waals surface area contributed by atoms with Gasteiger partial charge in [-0.2, -0.15) is 0 Å². The zero-order valence-electron chi connectivity index (χ0n) is 18.0. The highest BCUT2D eigenvalue weighted by Crippen LogP contribution is 2.30. The molecule has 33 heavy (non-hydrogen) atoms. The van der Waals surface area contributed by atoms with E-state index in [1.807, 2.05) is 18.2 Å². The molecule has 1 unspecified atom stereocenters. The van der Waals surface area contributed by atoms with Crippen molar-refractivity contribution in [2.45, 2.75) is 13.0 Å². The highest BCUT2D eigenvalue weighted by molar-refractivity contribution is 6.31. The molecule has 4 N–H and O–H groups in total. The number of amides is 3. The second-order valence-electron chi connectivity index (χ2n) is 7.87. The molecule has 1 saturated heterocycles. The van der Waals surface area contributed by atoms with E-state index in [1.54, 1.807) is 17.9 Å². The van der Waals surface area contributed by atoms with Gasteiger partial charge in [-0.1, -0.05) is 11.6 Å². The molecule has 1 aliphatic rings. The monoisotopic (exact) mass is 470 g/mol. The van der Waals surface area contributed by atoms with Gasteiger partial charge in [0.2, 0.25) is 5.91 Å². The first kappa shape index (κ1) is 22.6. The van der Waals surface area contributed by atoms with E-state index in [0.717, 1.165) is 16.6 Å². The van der Waals surface area contributed by atoms with Crippen LogP contribution in [0.4, 0.5) is 26.4 Å². The summed E-state index contributed by atoms with van der Waals surface area (Å²) in [5, 5.41) is 6.91. The van der Waals surface area contributed by atoms with E-state index < -0.39 is 6.04 Å². The van der Waals surface area contributed by atoms with Crippen LogP contribution in [0, 0.1) is 5.82 Å². The quantitative estimate of drug-likeness (QED) is 0.541. The van der Waals surface area contributed by atoms with Gasteiger partial charge in [0, 0.05) is 54.0 Å². The molecule has 0 bridgehead atoms. The van der Waals surface area contributed by atoms with Gasteiger partial charge < -0.3 is 26.2 Å². The molecule has 172 valence electrons. The van der Waals surface area contributed by atoms with Gasteiger partial charge in [-0.15, -0.1) is 0 Å². The third-order valence-corrected chi connectivity index (χ3v) is 5.76. The summed E-state index contributed by atoms with van der Waals surface area (Å²) in [6.45, 7) is 3.77. The molecule has 0 aliphatic carbocycles. The molecule has 0 spiro atoms. The standard InChI is InChI=1S/C23H24ClFN6O2/c1-14(22(32)28-17-5-3-16(25)4-6-17)27-23(33)31-10-8-30(9-11-31)20-13-21(26)29-19-12-15(24)2-7-18(19)20/h2-7,12-14H,8-11H2,1H3,(H2,26,29)(H,27,33)(H,28,32). The van der Waals surface area contributed by atoms with Crippen LogP contribution in [0.2, 0.25) is 5.02 Å². The Labute approximate surface area is 195 Å². The topological polar surface area (TPSA) is 104 Å². The number of urea groups is 1. The fourth-order valence-electron chi connectivity index (χ4n) is 3.74. The summed E-state index contributed by atoms with van der Waals surface area (Å²) in [6, 6.07) is 11.7. The number of nitrogens with two attached hydrogens (primary N) is 1. The smallest absolute Gasteiger partial charge is 0.318 e. The summed E-state index contributed by atoms with van der Waals surface area (Å²) in [4.78, 5) is 33.2. The van der Waals surface area contributed by atoms with Gasteiger partial charge >= 0.3 is 6.03 Å². The molecule has 2 aromatic carbocycles. The molecule has 3 amide bonds. The first-order chi connectivity index (χ1) is 15.8. The Kier molecular flexibility index (Phi) is 6.50. The van der Waals surface area contributed by atoms with E-state index in [-0.39, 0.29) is 17.8 Å². The van der Waals surface area contributed by atoms with Crippen molar-refractivity contribution in [3.8, 4) is 0 Å². The van der Waals surface area contributed by atoms with E-state index in [2.05, 4.69) is 20.5 Å². The molecular weight excluding hydrogens is 447 g/mol. The van der Waals surface area contributed by atoms with Crippen molar-refractivity contribution < 1.29 is 14.0 Å². The zero-order valence-corrected chi connectivity index (χ0v) is 18.8. The number of benzene rings is 2. The maximum absolute atomic E-state index is 13.0. The van der Waals surface area contributed by atoms with E-state index in [0.29, 0.717) is 42.7 Å². The lowest BCUT2D eigenvalue weighted by molar-refractivity contribution is -0.117. The second kappa shape index (κ2) is 9.50.